The van der Waals surface area contributed by atoms with Crippen LogP contribution in [0.25, 0.3) is 0 Å². The van der Waals surface area contributed by atoms with Crippen LogP contribution < -0.4 is 10.6 Å². The fourth-order valence-electron chi connectivity index (χ4n) is 4.74. The SMILES string of the molecule is CCCCCCCCCCCCc1ccc(NC(=O)CCCCCNC(=O)CCCc2cc[c]cc2)cc1. The van der Waals surface area contributed by atoms with E-state index in [2.05, 4.69) is 35.8 Å². The number of amides is 2. The molecule has 0 bridgehead atoms. The summed E-state index contributed by atoms with van der Waals surface area (Å²) in [5, 5.41) is 6.00. The van der Waals surface area contributed by atoms with E-state index in [1.54, 1.807) is 0 Å². The Kier molecular flexibility index (Phi) is 17.7. The van der Waals surface area contributed by atoms with Gasteiger partial charge in [0.15, 0.2) is 0 Å². The van der Waals surface area contributed by atoms with Gasteiger partial charge in [0.25, 0.3) is 0 Å². The molecule has 0 aliphatic heterocycles. The molecule has 0 aromatic heterocycles. The van der Waals surface area contributed by atoms with Crippen LogP contribution in [-0.2, 0) is 22.4 Å². The minimum Gasteiger partial charge on any atom is -0.356 e. The van der Waals surface area contributed by atoms with Crippen molar-refractivity contribution in [3.8, 4) is 0 Å². The maximum Gasteiger partial charge on any atom is 0.224 e. The van der Waals surface area contributed by atoms with Crippen LogP contribution in [0.5, 0.6) is 0 Å². The van der Waals surface area contributed by atoms with E-state index >= 15 is 0 Å². The maximum atomic E-state index is 12.3. The first kappa shape index (κ1) is 31.6. The van der Waals surface area contributed by atoms with Gasteiger partial charge in [0.1, 0.15) is 0 Å². The van der Waals surface area contributed by atoms with Crippen LogP contribution in [-0.4, -0.2) is 18.4 Å². The van der Waals surface area contributed by atoms with Crippen molar-refractivity contribution in [3.63, 3.8) is 0 Å². The van der Waals surface area contributed by atoms with E-state index < -0.39 is 0 Å². The normalized spacial score (nSPS) is 10.9. The van der Waals surface area contributed by atoms with E-state index in [-0.39, 0.29) is 11.8 Å². The molecule has 2 N–H and O–H groups in total. The highest BCUT2D eigenvalue weighted by atomic mass is 16.2. The number of aryl methyl sites for hydroxylation is 2. The molecule has 2 amide bonds. The summed E-state index contributed by atoms with van der Waals surface area (Å²) < 4.78 is 0. The largest absolute Gasteiger partial charge is 0.356 e. The molecule has 2 aromatic carbocycles. The Bertz CT molecular complexity index is 864. The number of anilines is 1. The van der Waals surface area contributed by atoms with Crippen molar-refractivity contribution in [1.82, 2.24) is 5.32 Å². The second-order valence-corrected chi connectivity index (χ2v) is 10.6. The van der Waals surface area contributed by atoms with Crippen LogP contribution in [0.2, 0.25) is 0 Å². The molecule has 0 fully saturated rings. The minimum atomic E-state index is 0.0648. The Morgan fingerprint density at radius 1 is 0.605 bits per heavy atom. The standard InChI is InChI=1S/C34H51N2O2/c1-2-3-4-5-6-7-8-9-10-13-21-31-25-27-32(28-26-31)36-34(38)23-16-12-17-29-35-33(37)24-18-22-30-19-14-11-15-20-30/h14-15,19-20,25-28H,2-10,12-13,16-18,21-24,29H2,1H3,(H,35,37)(H,36,38). The number of nitrogens with one attached hydrogen (secondary N) is 2. The van der Waals surface area contributed by atoms with Crippen molar-refractivity contribution in [3.05, 3.63) is 65.7 Å². The van der Waals surface area contributed by atoms with Crippen LogP contribution in [0.3, 0.4) is 0 Å². The summed E-state index contributed by atoms with van der Waals surface area (Å²) in [6, 6.07) is 19.2. The Balaban J connectivity index is 1.42. The van der Waals surface area contributed by atoms with Crippen LogP contribution in [0.4, 0.5) is 5.69 Å². The Morgan fingerprint density at radius 3 is 1.84 bits per heavy atom. The van der Waals surface area contributed by atoms with Gasteiger partial charge in [-0.05, 0) is 67.9 Å². The molecule has 4 nitrogen and oxygen atoms in total. The molecule has 0 aliphatic carbocycles. The third-order valence-electron chi connectivity index (χ3n) is 7.12. The summed E-state index contributed by atoms with van der Waals surface area (Å²) in [6.45, 7) is 2.95. The lowest BCUT2D eigenvalue weighted by Gasteiger charge is -2.08. The van der Waals surface area contributed by atoms with Crippen LogP contribution in [0, 0.1) is 6.07 Å². The van der Waals surface area contributed by atoms with Crippen molar-refractivity contribution in [1.29, 1.82) is 0 Å². The van der Waals surface area contributed by atoms with Gasteiger partial charge in [0.2, 0.25) is 11.8 Å². The maximum absolute atomic E-state index is 12.3. The van der Waals surface area contributed by atoms with Crippen LogP contribution >= 0.6 is 0 Å². The molecule has 0 heterocycles. The molecule has 0 unspecified atom stereocenters. The molecule has 0 aliphatic rings. The molecule has 38 heavy (non-hydrogen) atoms. The molecule has 1 radical (unpaired) electrons. The number of rotatable bonds is 22. The van der Waals surface area contributed by atoms with E-state index in [9.17, 15) is 9.59 Å². The van der Waals surface area contributed by atoms with Gasteiger partial charge < -0.3 is 10.6 Å². The first-order chi connectivity index (χ1) is 18.7. The average Bonchev–Trinajstić information content (AvgIpc) is 2.93. The van der Waals surface area contributed by atoms with Gasteiger partial charge in [-0.3, -0.25) is 9.59 Å². The van der Waals surface area contributed by atoms with E-state index in [1.165, 1.54) is 75.3 Å². The predicted octanol–water partition coefficient (Wildman–Crippen LogP) is 8.59. The molecule has 2 rings (SSSR count). The van der Waals surface area contributed by atoms with Gasteiger partial charge in [0.05, 0.1) is 0 Å². The van der Waals surface area contributed by atoms with Gasteiger partial charge in [-0.25, -0.2) is 0 Å². The van der Waals surface area contributed by atoms with E-state index in [1.807, 2.05) is 36.4 Å². The van der Waals surface area contributed by atoms with Crippen LogP contribution in [0.1, 0.15) is 121 Å². The number of carbonyl (C=O) groups is 2. The highest BCUT2D eigenvalue weighted by Gasteiger charge is 2.04. The lowest BCUT2D eigenvalue weighted by Crippen LogP contribution is -2.24. The summed E-state index contributed by atoms with van der Waals surface area (Å²) in [5.74, 6) is 0.178. The predicted molar refractivity (Wildman–Crippen MR) is 160 cm³/mol. The van der Waals surface area contributed by atoms with Crippen molar-refractivity contribution in [2.45, 2.75) is 122 Å². The topological polar surface area (TPSA) is 58.2 Å². The molecular formula is C34H51N2O2. The zero-order valence-electron chi connectivity index (χ0n) is 23.9. The lowest BCUT2D eigenvalue weighted by molar-refractivity contribution is -0.121. The van der Waals surface area contributed by atoms with Gasteiger partial charge in [-0.1, -0.05) is 108 Å². The first-order valence-electron chi connectivity index (χ1n) is 15.3. The third-order valence-corrected chi connectivity index (χ3v) is 7.12. The number of benzene rings is 2. The number of hydrogen-bond donors (Lipinski definition) is 2. The molecule has 0 spiro atoms. The van der Waals surface area contributed by atoms with E-state index in [0.29, 0.717) is 19.4 Å². The number of unbranched alkanes of at least 4 members (excludes halogenated alkanes) is 11. The second-order valence-electron chi connectivity index (χ2n) is 10.6. The minimum absolute atomic E-state index is 0.0648. The molecule has 0 saturated carbocycles. The van der Waals surface area contributed by atoms with Crippen LogP contribution in [0.15, 0.2) is 48.5 Å². The smallest absolute Gasteiger partial charge is 0.224 e. The van der Waals surface area contributed by atoms with Crippen molar-refractivity contribution < 1.29 is 9.59 Å². The summed E-state index contributed by atoms with van der Waals surface area (Å²) in [4.78, 5) is 24.2. The summed E-state index contributed by atoms with van der Waals surface area (Å²) in [7, 11) is 0. The Labute approximate surface area is 232 Å². The van der Waals surface area contributed by atoms with E-state index in [4.69, 9.17) is 0 Å². The Morgan fingerprint density at radius 2 is 1.16 bits per heavy atom. The van der Waals surface area contributed by atoms with Gasteiger partial charge in [-0.2, -0.15) is 0 Å². The number of hydrogen-bond acceptors (Lipinski definition) is 2. The molecule has 209 valence electrons. The summed E-state index contributed by atoms with van der Waals surface area (Å²) in [5.41, 5.74) is 3.47. The third kappa shape index (κ3) is 16.3. The van der Waals surface area contributed by atoms with Gasteiger partial charge >= 0.3 is 0 Å². The van der Waals surface area contributed by atoms with E-state index in [0.717, 1.165) is 44.2 Å². The summed E-state index contributed by atoms with van der Waals surface area (Å²) >= 11 is 0. The monoisotopic (exact) mass is 519 g/mol. The fraction of sp³-hybridized carbons (Fsp3) is 0.588. The quantitative estimate of drug-likeness (QED) is 0.153. The highest BCUT2D eigenvalue weighted by molar-refractivity contribution is 5.90. The van der Waals surface area contributed by atoms with Crippen molar-refractivity contribution in [2.75, 3.05) is 11.9 Å². The van der Waals surface area contributed by atoms with Crippen molar-refractivity contribution in [2.24, 2.45) is 0 Å². The fourth-order valence-corrected chi connectivity index (χ4v) is 4.74. The first-order valence-corrected chi connectivity index (χ1v) is 15.3. The zero-order chi connectivity index (χ0) is 27.1. The molecular weight excluding hydrogens is 468 g/mol. The molecule has 0 atom stereocenters. The molecule has 2 aromatic rings. The molecule has 0 saturated heterocycles. The lowest BCUT2D eigenvalue weighted by atomic mass is 10.0. The van der Waals surface area contributed by atoms with Gasteiger partial charge in [-0.15, -0.1) is 0 Å². The second kappa shape index (κ2) is 21.3. The zero-order valence-corrected chi connectivity index (χ0v) is 23.9. The number of carbonyl (C=O) groups excluding carboxylic acids is 2. The molecule has 4 heteroatoms. The summed E-state index contributed by atoms with van der Waals surface area (Å²) in [6.07, 6.45) is 20.2. The highest BCUT2D eigenvalue weighted by Crippen LogP contribution is 2.15. The van der Waals surface area contributed by atoms with Crippen molar-refractivity contribution >= 4 is 17.5 Å². The van der Waals surface area contributed by atoms with Gasteiger partial charge in [0, 0.05) is 25.1 Å². The Hall–Kier alpha value is -2.62. The average molecular weight is 520 g/mol.